The first-order valence-electron chi connectivity index (χ1n) is 5.07. The van der Waals surface area contributed by atoms with Gasteiger partial charge in [0.05, 0.1) is 5.92 Å². The van der Waals surface area contributed by atoms with Gasteiger partial charge in [0.2, 0.25) is 0 Å². The molecule has 0 bridgehead atoms. The first-order valence-corrected chi connectivity index (χ1v) is 5.07. The number of rotatable bonds is 3. The van der Waals surface area contributed by atoms with Crippen LogP contribution in [0.2, 0.25) is 0 Å². The fraction of sp³-hybridized carbons (Fsp3) is 0.727. The molecule has 1 fully saturated rings. The molecule has 1 rings (SSSR count). The Balaban J connectivity index is 2.29. The summed E-state index contributed by atoms with van der Waals surface area (Å²) in [5, 5.41) is 0. The van der Waals surface area contributed by atoms with Gasteiger partial charge in [0, 0.05) is 0 Å². The molecule has 0 aromatic heterocycles. The third kappa shape index (κ3) is 3.21. The summed E-state index contributed by atoms with van der Waals surface area (Å²) >= 11 is 0. The van der Waals surface area contributed by atoms with Gasteiger partial charge in [-0.05, 0) is 32.6 Å². The molecule has 1 atom stereocenters. The molecule has 1 saturated carbocycles. The van der Waals surface area contributed by atoms with E-state index in [1.54, 1.807) is 6.08 Å². The van der Waals surface area contributed by atoms with Crippen molar-refractivity contribution in [2.24, 2.45) is 5.92 Å². The van der Waals surface area contributed by atoms with Gasteiger partial charge in [0.15, 0.2) is 0 Å². The van der Waals surface area contributed by atoms with Crippen molar-refractivity contribution in [2.45, 2.75) is 45.1 Å². The maximum Gasteiger partial charge on any atom is 0.312 e. The number of hydrogen-bond donors (Lipinski definition) is 0. The van der Waals surface area contributed by atoms with Gasteiger partial charge < -0.3 is 4.74 Å². The van der Waals surface area contributed by atoms with Gasteiger partial charge in [0.25, 0.3) is 0 Å². The molecule has 0 amide bonds. The SMILES string of the molecule is C=CC(C)C(=O)OC1CCCCC1. The van der Waals surface area contributed by atoms with E-state index < -0.39 is 0 Å². The third-order valence-corrected chi connectivity index (χ3v) is 2.56. The highest BCUT2D eigenvalue weighted by Gasteiger charge is 2.19. The largest absolute Gasteiger partial charge is 0.462 e. The van der Waals surface area contributed by atoms with Crippen LogP contribution in [0, 0.1) is 5.92 Å². The summed E-state index contributed by atoms with van der Waals surface area (Å²) in [4.78, 5) is 11.3. The highest BCUT2D eigenvalue weighted by molar-refractivity contribution is 5.74. The highest BCUT2D eigenvalue weighted by Crippen LogP contribution is 2.21. The van der Waals surface area contributed by atoms with E-state index in [1.165, 1.54) is 19.3 Å². The summed E-state index contributed by atoms with van der Waals surface area (Å²) in [5.41, 5.74) is 0. The lowest BCUT2D eigenvalue weighted by Crippen LogP contribution is -2.23. The van der Waals surface area contributed by atoms with Crippen molar-refractivity contribution >= 4 is 5.97 Å². The van der Waals surface area contributed by atoms with Crippen molar-refractivity contribution in [2.75, 3.05) is 0 Å². The smallest absolute Gasteiger partial charge is 0.312 e. The van der Waals surface area contributed by atoms with Crippen LogP contribution in [0.3, 0.4) is 0 Å². The molecule has 0 aromatic carbocycles. The first kappa shape index (κ1) is 10.3. The molecule has 0 spiro atoms. The van der Waals surface area contributed by atoms with Gasteiger partial charge in [0.1, 0.15) is 6.10 Å². The summed E-state index contributed by atoms with van der Waals surface area (Å²) in [6.07, 6.45) is 7.55. The normalized spacial score (nSPS) is 20.7. The van der Waals surface area contributed by atoms with Crippen LogP contribution in [0.1, 0.15) is 39.0 Å². The summed E-state index contributed by atoms with van der Waals surface area (Å²) in [6.45, 7) is 5.39. The molecule has 2 heteroatoms. The molecule has 74 valence electrons. The van der Waals surface area contributed by atoms with Crippen LogP contribution in [-0.4, -0.2) is 12.1 Å². The molecular formula is C11H18O2. The minimum absolute atomic E-state index is 0.123. The number of carbonyl (C=O) groups is 1. The van der Waals surface area contributed by atoms with E-state index in [2.05, 4.69) is 6.58 Å². The number of ether oxygens (including phenoxy) is 1. The number of esters is 1. The fourth-order valence-corrected chi connectivity index (χ4v) is 1.55. The Morgan fingerprint density at radius 1 is 1.46 bits per heavy atom. The Morgan fingerprint density at radius 2 is 2.08 bits per heavy atom. The van der Waals surface area contributed by atoms with Gasteiger partial charge >= 0.3 is 5.97 Å². The molecule has 2 nitrogen and oxygen atoms in total. The van der Waals surface area contributed by atoms with Crippen molar-refractivity contribution in [3.8, 4) is 0 Å². The van der Waals surface area contributed by atoms with Gasteiger partial charge in [-0.15, -0.1) is 6.58 Å². The van der Waals surface area contributed by atoms with Crippen molar-refractivity contribution in [3.05, 3.63) is 12.7 Å². The lowest BCUT2D eigenvalue weighted by atomic mass is 9.97. The van der Waals surface area contributed by atoms with E-state index in [0.29, 0.717) is 0 Å². The molecule has 1 aliphatic carbocycles. The molecule has 0 saturated heterocycles. The van der Waals surface area contributed by atoms with E-state index in [9.17, 15) is 4.79 Å². The molecule has 0 aliphatic heterocycles. The Morgan fingerprint density at radius 3 is 2.62 bits per heavy atom. The van der Waals surface area contributed by atoms with Crippen LogP contribution in [-0.2, 0) is 9.53 Å². The third-order valence-electron chi connectivity index (χ3n) is 2.56. The monoisotopic (exact) mass is 182 g/mol. The maximum atomic E-state index is 11.3. The van der Waals surface area contributed by atoms with E-state index >= 15 is 0 Å². The molecule has 1 aliphatic rings. The average molecular weight is 182 g/mol. The summed E-state index contributed by atoms with van der Waals surface area (Å²) < 4.78 is 5.33. The Kier molecular flexibility index (Phi) is 4.00. The van der Waals surface area contributed by atoms with Crippen molar-refractivity contribution < 1.29 is 9.53 Å². The summed E-state index contributed by atoms with van der Waals surface area (Å²) in [5.74, 6) is -0.288. The van der Waals surface area contributed by atoms with E-state index in [0.717, 1.165) is 12.8 Å². The van der Waals surface area contributed by atoms with Crippen molar-refractivity contribution in [1.29, 1.82) is 0 Å². The number of carbonyl (C=O) groups excluding carboxylic acids is 1. The van der Waals surface area contributed by atoms with E-state index in [4.69, 9.17) is 4.74 Å². The number of hydrogen-bond acceptors (Lipinski definition) is 2. The second kappa shape index (κ2) is 5.05. The lowest BCUT2D eigenvalue weighted by Gasteiger charge is -2.22. The molecule has 0 heterocycles. The zero-order valence-electron chi connectivity index (χ0n) is 8.29. The molecule has 0 N–H and O–H groups in total. The van der Waals surface area contributed by atoms with E-state index in [1.807, 2.05) is 6.92 Å². The van der Waals surface area contributed by atoms with Crippen LogP contribution in [0.5, 0.6) is 0 Å². The Hall–Kier alpha value is -0.790. The maximum absolute atomic E-state index is 11.3. The predicted molar refractivity (Wildman–Crippen MR) is 52.3 cm³/mol. The Bertz CT molecular complexity index is 181. The molecule has 0 radical (unpaired) electrons. The zero-order valence-corrected chi connectivity index (χ0v) is 8.29. The lowest BCUT2D eigenvalue weighted by molar-refractivity contribution is -0.153. The van der Waals surface area contributed by atoms with Gasteiger partial charge in [-0.2, -0.15) is 0 Å². The minimum Gasteiger partial charge on any atom is -0.462 e. The summed E-state index contributed by atoms with van der Waals surface area (Å²) in [6, 6.07) is 0. The molecular weight excluding hydrogens is 164 g/mol. The van der Waals surface area contributed by atoms with Crippen molar-refractivity contribution in [3.63, 3.8) is 0 Å². The first-order chi connectivity index (χ1) is 6.24. The highest BCUT2D eigenvalue weighted by atomic mass is 16.5. The minimum atomic E-state index is -0.165. The van der Waals surface area contributed by atoms with Crippen LogP contribution in [0.25, 0.3) is 0 Å². The zero-order chi connectivity index (χ0) is 9.68. The van der Waals surface area contributed by atoms with Crippen LogP contribution in [0.4, 0.5) is 0 Å². The van der Waals surface area contributed by atoms with Gasteiger partial charge in [-0.3, -0.25) is 4.79 Å². The molecule has 13 heavy (non-hydrogen) atoms. The average Bonchev–Trinajstić information content (AvgIpc) is 2.18. The molecule has 1 unspecified atom stereocenters. The van der Waals surface area contributed by atoms with Crippen LogP contribution >= 0.6 is 0 Å². The predicted octanol–water partition coefficient (Wildman–Crippen LogP) is 2.68. The fourth-order valence-electron chi connectivity index (χ4n) is 1.55. The standard InChI is InChI=1S/C11H18O2/c1-3-9(2)11(12)13-10-7-5-4-6-8-10/h3,9-10H,1,4-8H2,2H3. The van der Waals surface area contributed by atoms with Crippen LogP contribution < -0.4 is 0 Å². The Labute approximate surface area is 80.0 Å². The van der Waals surface area contributed by atoms with Gasteiger partial charge in [-0.25, -0.2) is 0 Å². The van der Waals surface area contributed by atoms with Gasteiger partial charge in [-0.1, -0.05) is 12.5 Å². The topological polar surface area (TPSA) is 26.3 Å². The van der Waals surface area contributed by atoms with Crippen LogP contribution in [0.15, 0.2) is 12.7 Å². The second-order valence-corrected chi connectivity index (χ2v) is 3.72. The van der Waals surface area contributed by atoms with E-state index in [-0.39, 0.29) is 18.0 Å². The quantitative estimate of drug-likeness (QED) is 0.495. The summed E-state index contributed by atoms with van der Waals surface area (Å²) in [7, 11) is 0. The second-order valence-electron chi connectivity index (χ2n) is 3.72. The van der Waals surface area contributed by atoms with Crippen molar-refractivity contribution in [1.82, 2.24) is 0 Å². The molecule has 0 aromatic rings.